The van der Waals surface area contributed by atoms with Gasteiger partial charge in [-0.05, 0) is 4.92 Å². The maximum absolute atomic E-state index is 10.4. The van der Waals surface area contributed by atoms with Crippen molar-refractivity contribution in [1.29, 1.82) is 0 Å². The Morgan fingerprint density at radius 3 is 2.86 bits per heavy atom. The largest absolute Gasteiger partial charge is 0.358 e. The van der Waals surface area contributed by atoms with Crippen molar-refractivity contribution in [2.75, 3.05) is 0 Å². The van der Waals surface area contributed by atoms with Crippen LogP contribution in [0.5, 0.6) is 0 Å². The average Bonchev–Trinajstić information content (AvgIpc) is 2.71. The molecule has 0 radical (unpaired) electrons. The van der Waals surface area contributed by atoms with E-state index in [0.717, 1.165) is 0 Å². The molecule has 0 aliphatic rings. The standard InChI is InChI=1S/C7H7N5O2/c1-11-3-2-8-7(11)6-9-4-5(10-6)12(13)14/h2-4H,1H3,(H,9,10). The van der Waals surface area contributed by atoms with Crippen LogP contribution in [0.25, 0.3) is 11.6 Å². The average molecular weight is 193 g/mol. The summed E-state index contributed by atoms with van der Waals surface area (Å²) in [5.41, 5.74) is 0. The molecule has 0 bridgehead atoms. The fraction of sp³-hybridized carbons (Fsp3) is 0.143. The van der Waals surface area contributed by atoms with Gasteiger partial charge in [-0.25, -0.2) is 15.0 Å². The normalized spacial score (nSPS) is 10.4. The van der Waals surface area contributed by atoms with Crippen molar-refractivity contribution < 1.29 is 4.92 Å². The van der Waals surface area contributed by atoms with Crippen LogP contribution >= 0.6 is 0 Å². The predicted octanol–water partition coefficient (Wildman–Crippen LogP) is 0.718. The molecule has 0 amide bonds. The van der Waals surface area contributed by atoms with Crippen molar-refractivity contribution in [3.63, 3.8) is 0 Å². The number of aryl methyl sites for hydroxylation is 1. The quantitative estimate of drug-likeness (QED) is 0.562. The highest BCUT2D eigenvalue weighted by Crippen LogP contribution is 2.15. The summed E-state index contributed by atoms with van der Waals surface area (Å²) in [5.74, 6) is 0.824. The molecule has 0 saturated heterocycles. The van der Waals surface area contributed by atoms with Crippen LogP contribution in [0, 0.1) is 10.1 Å². The van der Waals surface area contributed by atoms with Crippen LogP contribution in [-0.2, 0) is 7.05 Å². The van der Waals surface area contributed by atoms with Crippen molar-refractivity contribution in [1.82, 2.24) is 19.5 Å². The number of imidazole rings is 2. The van der Waals surface area contributed by atoms with Crippen LogP contribution in [0.4, 0.5) is 5.82 Å². The first-order valence-corrected chi connectivity index (χ1v) is 3.85. The van der Waals surface area contributed by atoms with E-state index in [1.807, 2.05) is 0 Å². The maximum atomic E-state index is 10.4. The van der Waals surface area contributed by atoms with E-state index in [-0.39, 0.29) is 5.82 Å². The Balaban J connectivity index is 2.43. The van der Waals surface area contributed by atoms with E-state index < -0.39 is 4.92 Å². The number of hydrogen-bond acceptors (Lipinski definition) is 4. The second kappa shape index (κ2) is 2.95. The molecule has 2 heterocycles. The molecular weight excluding hydrogens is 186 g/mol. The molecule has 0 fully saturated rings. The minimum Gasteiger partial charge on any atom is -0.358 e. The zero-order chi connectivity index (χ0) is 10.1. The highest BCUT2D eigenvalue weighted by atomic mass is 16.6. The van der Waals surface area contributed by atoms with Crippen LogP contribution in [0.3, 0.4) is 0 Å². The molecule has 72 valence electrons. The van der Waals surface area contributed by atoms with Crippen molar-refractivity contribution in [3.8, 4) is 11.6 Å². The summed E-state index contributed by atoms with van der Waals surface area (Å²) in [6.07, 6.45) is 4.51. The van der Waals surface area contributed by atoms with Crippen LogP contribution in [0.2, 0.25) is 0 Å². The van der Waals surface area contributed by atoms with Crippen LogP contribution in [0.1, 0.15) is 0 Å². The molecule has 2 aromatic rings. The molecule has 2 rings (SSSR count). The van der Waals surface area contributed by atoms with Gasteiger partial charge in [-0.15, -0.1) is 0 Å². The summed E-state index contributed by atoms with van der Waals surface area (Å²) in [6, 6.07) is 0. The molecule has 0 aliphatic heterocycles. The first-order valence-electron chi connectivity index (χ1n) is 3.85. The SMILES string of the molecule is Cn1ccnc1-c1ncc([N+](=O)[O-])[nH]1. The highest BCUT2D eigenvalue weighted by Gasteiger charge is 2.14. The number of aromatic amines is 1. The molecular formula is C7H7N5O2. The minimum atomic E-state index is -0.528. The number of aromatic nitrogens is 4. The number of nitrogens with zero attached hydrogens (tertiary/aromatic N) is 4. The second-order valence-electron chi connectivity index (χ2n) is 2.74. The Morgan fingerprint density at radius 2 is 2.36 bits per heavy atom. The molecule has 2 aromatic heterocycles. The van der Waals surface area contributed by atoms with Crippen molar-refractivity contribution in [2.24, 2.45) is 7.05 Å². The lowest BCUT2D eigenvalue weighted by Crippen LogP contribution is -1.93. The molecule has 0 atom stereocenters. The Kier molecular flexibility index (Phi) is 1.77. The molecule has 0 spiro atoms. The van der Waals surface area contributed by atoms with Crippen molar-refractivity contribution in [2.45, 2.75) is 0 Å². The van der Waals surface area contributed by atoms with Gasteiger partial charge in [0.2, 0.25) is 5.82 Å². The summed E-state index contributed by atoms with van der Waals surface area (Å²) in [6.45, 7) is 0. The molecule has 7 nitrogen and oxygen atoms in total. The van der Waals surface area contributed by atoms with Crippen LogP contribution in [0.15, 0.2) is 18.6 Å². The predicted molar refractivity (Wildman–Crippen MR) is 47.4 cm³/mol. The number of nitrogens with one attached hydrogen (secondary N) is 1. The van der Waals surface area contributed by atoms with Gasteiger partial charge < -0.3 is 14.7 Å². The van der Waals surface area contributed by atoms with Crippen molar-refractivity contribution >= 4 is 5.82 Å². The van der Waals surface area contributed by atoms with Crippen molar-refractivity contribution in [3.05, 3.63) is 28.7 Å². The number of hydrogen-bond donors (Lipinski definition) is 1. The third-order valence-electron chi connectivity index (χ3n) is 1.79. The first kappa shape index (κ1) is 8.42. The van der Waals surface area contributed by atoms with Gasteiger partial charge in [0.15, 0.2) is 0 Å². The van der Waals surface area contributed by atoms with Gasteiger partial charge in [-0.2, -0.15) is 0 Å². The second-order valence-corrected chi connectivity index (χ2v) is 2.74. The number of H-pyrrole nitrogens is 1. The van der Waals surface area contributed by atoms with E-state index in [0.29, 0.717) is 11.6 Å². The molecule has 0 aliphatic carbocycles. The first-order chi connectivity index (χ1) is 6.68. The molecule has 0 aromatic carbocycles. The third kappa shape index (κ3) is 1.24. The Bertz CT molecular complexity index is 472. The topological polar surface area (TPSA) is 89.6 Å². The Labute approximate surface area is 78.6 Å². The number of nitro groups is 1. The zero-order valence-electron chi connectivity index (χ0n) is 7.34. The lowest BCUT2D eigenvalue weighted by atomic mass is 10.6. The van der Waals surface area contributed by atoms with E-state index in [4.69, 9.17) is 0 Å². The fourth-order valence-electron chi connectivity index (χ4n) is 1.11. The molecule has 1 N–H and O–H groups in total. The van der Waals surface area contributed by atoms with E-state index in [1.165, 1.54) is 6.20 Å². The van der Waals surface area contributed by atoms with Crippen LogP contribution in [-0.4, -0.2) is 24.4 Å². The lowest BCUT2D eigenvalue weighted by Gasteiger charge is -1.92. The maximum Gasteiger partial charge on any atom is 0.341 e. The summed E-state index contributed by atoms with van der Waals surface area (Å²) in [4.78, 5) is 20.3. The Morgan fingerprint density at radius 1 is 1.57 bits per heavy atom. The summed E-state index contributed by atoms with van der Waals surface area (Å²) in [5, 5.41) is 10.4. The molecule has 14 heavy (non-hydrogen) atoms. The molecule has 0 saturated carbocycles. The van der Waals surface area contributed by atoms with Gasteiger partial charge in [-0.1, -0.05) is 0 Å². The fourth-order valence-corrected chi connectivity index (χ4v) is 1.11. The summed E-state index contributed by atoms with van der Waals surface area (Å²) < 4.78 is 1.72. The minimum absolute atomic E-state index is 0.136. The van der Waals surface area contributed by atoms with E-state index in [1.54, 1.807) is 24.0 Å². The van der Waals surface area contributed by atoms with E-state index >= 15 is 0 Å². The Hall–Kier alpha value is -2.18. The summed E-state index contributed by atoms with van der Waals surface area (Å²) in [7, 11) is 1.79. The van der Waals surface area contributed by atoms with Gasteiger partial charge in [0, 0.05) is 19.4 Å². The van der Waals surface area contributed by atoms with E-state index in [2.05, 4.69) is 15.0 Å². The van der Waals surface area contributed by atoms with Gasteiger partial charge in [0.25, 0.3) is 5.82 Å². The van der Waals surface area contributed by atoms with Gasteiger partial charge >= 0.3 is 5.82 Å². The third-order valence-corrected chi connectivity index (χ3v) is 1.79. The van der Waals surface area contributed by atoms with Gasteiger partial charge in [0.05, 0.1) is 0 Å². The van der Waals surface area contributed by atoms with Gasteiger partial charge in [0.1, 0.15) is 6.20 Å². The smallest absolute Gasteiger partial charge is 0.341 e. The lowest BCUT2D eigenvalue weighted by molar-refractivity contribution is -0.389. The zero-order valence-corrected chi connectivity index (χ0v) is 7.34. The van der Waals surface area contributed by atoms with Crippen LogP contribution < -0.4 is 0 Å². The molecule has 0 unspecified atom stereocenters. The van der Waals surface area contributed by atoms with Gasteiger partial charge in [-0.3, -0.25) is 0 Å². The highest BCUT2D eigenvalue weighted by molar-refractivity contribution is 5.46. The summed E-state index contributed by atoms with van der Waals surface area (Å²) >= 11 is 0. The monoisotopic (exact) mass is 193 g/mol. The number of rotatable bonds is 2. The molecule has 7 heteroatoms. The van der Waals surface area contributed by atoms with E-state index in [9.17, 15) is 10.1 Å².